The van der Waals surface area contributed by atoms with Crippen LogP contribution in [0.2, 0.25) is 0 Å². The minimum Gasteiger partial charge on any atom is -0.478 e. The van der Waals surface area contributed by atoms with Gasteiger partial charge in [0.05, 0.1) is 13.2 Å². The monoisotopic (exact) mass is 291 g/mol. The van der Waals surface area contributed by atoms with E-state index in [2.05, 4.69) is 10.3 Å². The molecule has 21 heavy (non-hydrogen) atoms. The molecule has 1 aromatic heterocycles. The Morgan fingerprint density at radius 1 is 1.43 bits per heavy atom. The lowest BCUT2D eigenvalue weighted by Crippen LogP contribution is -2.55. The molecule has 1 aromatic rings. The van der Waals surface area contributed by atoms with Gasteiger partial charge in [0.2, 0.25) is 5.91 Å². The molecule has 0 spiro atoms. The van der Waals surface area contributed by atoms with E-state index in [0.29, 0.717) is 19.0 Å². The fourth-order valence-corrected chi connectivity index (χ4v) is 2.39. The number of aromatic carboxylic acids is 1. The molecule has 1 aliphatic heterocycles. The Morgan fingerprint density at radius 2 is 2.24 bits per heavy atom. The van der Waals surface area contributed by atoms with E-state index >= 15 is 0 Å². The maximum atomic E-state index is 12.3. The molecule has 0 radical (unpaired) electrons. The number of hydrogen-bond acceptors (Lipinski definition) is 5. The molecule has 1 unspecified atom stereocenters. The van der Waals surface area contributed by atoms with Crippen molar-refractivity contribution in [1.82, 2.24) is 10.3 Å². The minimum atomic E-state index is -1.05. The van der Waals surface area contributed by atoms with Crippen LogP contribution in [0.15, 0.2) is 18.3 Å². The number of rotatable bonds is 4. The van der Waals surface area contributed by atoms with Gasteiger partial charge in [-0.05, 0) is 25.0 Å². The summed E-state index contributed by atoms with van der Waals surface area (Å²) in [6.07, 6.45) is 3.54. The van der Waals surface area contributed by atoms with Crippen LogP contribution in [-0.4, -0.2) is 53.8 Å². The number of amides is 1. The lowest BCUT2D eigenvalue weighted by atomic mass is 10.1. The molecule has 2 N–H and O–H groups in total. The van der Waals surface area contributed by atoms with Gasteiger partial charge in [0.25, 0.3) is 0 Å². The molecule has 2 aliphatic rings. The van der Waals surface area contributed by atoms with Crippen LogP contribution in [0.1, 0.15) is 23.2 Å². The molecular weight excluding hydrogens is 274 g/mol. The zero-order valence-electron chi connectivity index (χ0n) is 11.5. The van der Waals surface area contributed by atoms with Crippen LogP contribution in [0.25, 0.3) is 0 Å². The fourth-order valence-electron chi connectivity index (χ4n) is 2.39. The van der Waals surface area contributed by atoms with Gasteiger partial charge in [-0.15, -0.1) is 0 Å². The summed E-state index contributed by atoms with van der Waals surface area (Å²) in [4.78, 5) is 29.5. The number of anilines is 1. The molecule has 112 valence electrons. The number of carboxylic acids is 1. The summed E-state index contributed by atoms with van der Waals surface area (Å²) in [6.45, 7) is 1.14. The number of ether oxygens (including phenoxy) is 1. The van der Waals surface area contributed by atoms with E-state index in [-0.39, 0.29) is 24.1 Å². The number of morpholine rings is 1. The summed E-state index contributed by atoms with van der Waals surface area (Å²) < 4.78 is 5.38. The first-order valence-corrected chi connectivity index (χ1v) is 7.00. The maximum Gasteiger partial charge on any atom is 0.339 e. The molecule has 1 aliphatic carbocycles. The van der Waals surface area contributed by atoms with Gasteiger partial charge in [-0.1, -0.05) is 0 Å². The first kappa shape index (κ1) is 13.8. The SMILES string of the molecule is O=C(O)c1cccnc1N1CCOCC1C(=O)NC1CC1. The third-order valence-corrected chi connectivity index (χ3v) is 3.64. The number of carboxylic acid groups (broad SMARTS) is 1. The average molecular weight is 291 g/mol. The van der Waals surface area contributed by atoms with E-state index in [1.165, 1.54) is 12.3 Å². The fraction of sp³-hybridized carbons (Fsp3) is 0.500. The van der Waals surface area contributed by atoms with Gasteiger partial charge in [-0.25, -0.2) is 9.78 Å². The molecule has 2 heterocycles. The van der Waals surface area contributed by atoms with Gasteiger partial charge in [0.1, 0.15) is 17.4 Å². The topological polar surface area (TPSA) is 91.8 Å². The van der Waals surface area contributed by atoms with Crippen molar-refractivity contribution in [2.45, 2.75) is 24.9 Å². The van der Waals surface area contributed by atoms with Gasteiger partial charge in [0.15, 0.2) is 0 Å². The standard InChI is InChI=1S/C14H17N3O4/c18-13(16-9-3-4-9)11-8-21-7-6-17(11)12-10(14(19)20)2-1-5-15-12/h1-2,5,9,11H,3-4,6-8H2,(H,16,18)(H,19,20). The smallest absolute Gasteiger partial charge is 0.339 e. The minimum absolute atomic E-state index is 0.101. The zero-order valence-corrected chi connectivity index (χ0v) is 11.5. The first-order valence-electron chi connectivity index (χ1n) is 7.00. The molecule has 7 nitrogen and oxygen atoms in total. The third-order valence-electron chi connectivity index (χ3n) is 3.64. The second-order valence-electron chi connectivity index (χ2n) is 5.25. The van der Waals surface area contributed by atoms with E-state index in [1.807, 2.05) is 0 Å². The summed E-state index contributed by atoms with van der Waals surface area (Å²) >= 11 is 0. The second kappa shape index (κ2) is 5.69. The van der Waals surface area contributed by atoms with Crippen LogP contribution < -0.4 is 10.2 Å². The Kier molecular flexibility index (Phi) is 3.74. The van der Waals surface area contributed by atoms with Crippen LogP contribution in [0.3, 0.4) is 0 Å². The van der Waals surface area contributed by atoms with Crippen molar-refractivity contribution < 1.29 is 19.4 Å². The number of carbonyl (C=O) groups excluding carboxylic acids is 1. The molecular formula is C14H17N3O4. The molecule has 1 saturated heterocycles. The van der Waals surface area contributed by atoms with Gasteiger partial charge in [0, 0.05) is 18.8 Å². The Labute approximate surface area is 121 Å². The number of hydrogen-bond donors (Lipinski definition) is 2. The van der Waals surface area contributed by atoms with Crippen molar-refractivity contribution in [3.8, 4) is 0 Å². The Morgan fingerprint density at radius 3 is 2.95 bits per heavy atom. The normalized spacial score (nSPS) is 21.9. The summed E-state index contributed by atoms with van der Waals surface area (Å²) in [5.41, 5.74) is 0.101. The lowest BCUT2D eigenvalue weighted by Gasteiger charge is -2.36. The maximum absolute atomic E-state index is 12.3. The van der Waals surface area contributed by atoms with Crippen LogP contribution in [0, 0.1) is 0 Å². The zero-order chi connectivity index (χ0) is 14.8. The van der Waals surface area contributed by atoms with Gasteiger partial charge < -0.3 is 20.1 Å². The Bertz CT molecular complexity index is 559. The van der Waals surface area contributed by atoms with E-state index < -0.39 is 12.0 Å². The molecule has 1 saturated carbocycles. The highest BCUT2D eigenvalue weighted by Gasteiger charge is 2.35. The summed E-state index contributed by atoms with van der Waals surface area (Å²) in [7, 11) is 0. The van der Waals surface area contributed by atoms with Gasteiger partial charge >= 0.3 is 5.97 Å². The van der Waals surface area contributed by atoms with E-state index in [0.717, 1.165) is 12.8 Å². The number of nitrogens with zero attached hydrogens (tertiary/aromatic N) is 2. The lowest BCUT2D eigenvalue weighted by molar-refractivity contribution is -0.124. The van der Waals surface area contributed by atoms with Crippen molar-refractivity contribution in [3.63, 3.8) is 0 Å². The van der Waals surface area contributed by atoms with Gasteiger partial charge in [-0.3, -0.25) is 4.79 Å². The largest absolute Gasteiger partial charge is 0.478 e. The highest BCUT2D eigenvalue weighted by atomic mass is 16.5. The van der Waals surface area contributed by atoms with Crippen molar-refractivity contribution in [2.75, 3.05) is 24.7 Å². The van der Waals surface area contributed by atoms with Crippen LogP contribution in [0.5, 0.6) is 0 Å². The molecule has 1 atom stereocenters. The molecule has 7 heteroatoms. The number of carbonyl (C=O) groups is 2. The van der Waals surface area contributed by atoms with E-state index in [1.54, 1.807) is 11.0 Å². The number of aromatic nitrogens is 1. The molecule has 1 amide bonds. The van der Waals surface area contributed by atoms with Crippen molar-refractivity contribution in [2.24, 2.45) is 0 Å². The van der Waals surface area contributed by atoms with Crippen LogP contribution in [-0.2, 0) is 9.53 Å². The molecule has 3 rings (SSSR count). The first-order chi connectivity index (χ1) is 10.2. The predicted molar refractivity (Wildman–Crippen MR) is 74.3 cm³/mol. The summed E-state index contributed by atoms with van der Waals surface area (Å²) in [5.74, 6) is -0.852. The summed E-state index contributed by atoms with van der Waals surface area (Å²) in [5, 5.41) is 12.2. The number of nitrogens with one attached hydrogen (secondary N) is 1. The molecule has 0 bridgehead atoms. The highest BCUT2D eigenvalue weighted by molar-refractivity contribution is 5.95. The summed E-state index contributed by atoms with van der Waals surface area (Å²) in [6, 6.07) is 2.79. The average Bonchev–Trinajstić information content (AvgIpc) is 3.31. The Balaban J connectivity index is 1.86. The predicted octanol–water partition coefficient (Wildman–Crippen LogP) is 0.264. The van der Waals surface area contributed by atoms with E-state index in [9.17, 15) is 14.7 Å². The quantitative estimate of drug-likeness (QED) is 0.827. The van der Waals surface area contributed by atoms with Gasteiger partial charge in [-0.2, -0.15) is 0 Å². The van der Waals surface area contributed by atoms with Crippen LogP contribution >= 0.6 is 0 Å². The number of pyridine rings is 1. The highest BCUT2D eigenvalue weighted by Crippen LogP contribution is 2.24. The van der Waals surface area contributed by atoms with Crippen LogP contribution in [0.4, 0.5) is 5.82 Å². The Hall–Kier alpha value is -2.15. The third kappa shape index (κ3) is 2.97. The van der Waals surface area contributed by atoms with Crippen molar-refractivity contribution >= 4 is 17.7 Å². The second-order valence-corrected chi connectivity index (χ2v) is 5.25. The van der Waals surface area contributed by atoms with E-state index in [4.69, 9.17) is 4.74 Å². The molecule has 2 fully saturated rings. The van der Waals surface area contributed by atoms with Crippen molar-refractivity contribution in [1.29, 1.82) is 0 Å². The van der Waals surface area contributed by atoms with Crippen molar-refractivity contribution in [3.05, 3.63) is 23.9 Å². The molecule has 0 aromatic carbocycles.